The van der Waals surface area contributed by atoms with E-state index in [1.807, 2.05) is 17.5 Å². The van der Waals surface area contributed by atoms with Crippen LogP contribution in [0.2, 0.25) is 0 Å². The summed E-state index contributed by atoms with van der Waals surface area (Å²) in [4.78, 5) is 31.4. The predicted octanol–water partition coefficient (Wildman–Crippen LogP) is 3.12. The van der Waals surface area contributed by atoms with Crippen molar-refractivity contribution in [2.45, 2.75) is 67.7 Å². The van der Waals surface area contributed by atoms with E-state index in [-0.39, 0.29) is 29.9 Å². The number of aliphatic hydroxyl groups is 1. The van der Waals surface area contributed by atoms with E-state index in [4.69, 9.17) is 0 Å². The molecule has 0 aromatic carbocycles. The third-order valence-corrected chi connectivity index (χ3v) is 11.1. The van der Waals surface area contributed by atoms with E-state index in [0.29, 0.717) is 30.6 Å². The molecule has 2 atom stereocenters. The van der Waals surface area contributed by atoms with E-state index < -0.39 is 27.7 Å². The molecule has 3 N–H and O–H groups in total. The Morgan fingerprint density at radius 1 is 1.11 bits per heavy atom. The van der Waals surface area contributed by atoms with Crippen molar-refractivity contribution in [1.82, 2.24) is 19.9 Å². The third-order valence-electron chi connectivity index (χ3n) is 7.19. The predicted molar refractivity (Wildman–Crippen MR) is 143 cm³/mol. The average molecular weight is 563 g/mol. The van der Waals surface area contributed by atoms with Gasteiger partial charge in [-0.15, -0.1) is 22.7 Å². The molecule has 9 nitrogen and oxygen atoms in total. The summed E-state index contributed by atoms with van der Waals surface area (Å²) in [5.74, 6) is -0.580. The SMILES string of the molecule is O=C(NC1(C(=O)NC2CCCN(S(=O)(=O)c3ccccn3)CC2O)CCCCC1)c1cc2sccc2s1. The zero-order chi connectivity index (χ0) is 26.0. The van der Waals surface area contributed by atoms with Crippen LogP contribution >= 0.6 is 22.7 Å². The second-order valence-corrected chi connectivity index (χ2v) is 13.6. The van der Waals surface area contributed by atoms with Gasteiger partial charge in [0.05, 0.1) is 17.0 Å². The highest BCUT2D eigenvalue weighted by atomic mass is 32.2. The molecule has 5 rings (SSSR count). The maximum atomic E-state index is 13.7. The van der Waals surface area contributed by atoms with Gasteiger partial charge in [0.2, 0.25) is 5.91 Å². The Hall–Kier alpha value is -2.38. The topological polar surface area (TPSA) is 129 Å². The van der Waals surface area contributed by atoms with Gasteiger partial charge in [-0.25, -0.2) is 13.4 Å². The molecule has 12 heteroatoms. The zero-order valence-corrected chi connectivity index (χ0v) is 22.7. The molecule has 3 aromatic rings. The molecule has 198 valence electrons. The number of pyridine rings is 1. The van der Waals surface area contributed by atoms with Gasteiger partial charge in [0, 0.05) is 28.7 Å². The van der Waals surface area contributed by atoms with Crippen molar-refractivity contribution >= 4 is 53.9 Å². The van der Waals surface area contributed by atoms with Gasteiger partial charge in [0.1, 0.15) is 5.54 Å². The number of amides is 2. The molecule has 1 aliphatic carbocycles. The van der Waals surface area contributed by atoms with Crippen LogP contribution in [-0.4, -0.2) is 65.4 Å². The Kier molecular flexibility index (Phi) is 7.64. The molecule has 2 amide bonds. The Bertz CT molecular complexity index is 1340. The number of β-amino-alcohol motifs (C(OH)–C–C–N with tert-alkyl or cyclic N) is 1. The summed E-state index contributed by atoms with van der Waals surface area (Å²) in [5, 5.41) is 18.9. The fourth-order valence-corrected chi connectivity index (χ4v) is 8.58. The van der Waals surface area contributed by atoms with Crippen molar-refractivity contribution in [2.24, 2.45) is 0 Å². The lowest BCUT2D eigenvalue weighted by atomic mass is 9.80. The van der Waals surface area contributed by atoms with Gasteiger partial charge in [-0.2, -0.15) is 4.31 Å². The average Bonchev–Trinajstić information content (AvgIpc) is 3.46. The molecule has 2 aliphatic rings. The zero-order valence-electron chi connectivity index (χ0n) is 20.3. The van der Waals surface area contributed by atoms with Gasteiger partial charge in [0.25, 0.3) is 15.9 Å². The molecule has 2 unspecified atom stereocenters. The van der Waals surface area contributed by atoms with Crippen molar-refractivity contribution in [3.05, 3.63) is 46.8 Å². The maximum Gasteiger partial charge on any atom is 0.262 e. The molecule has 2 fully saturated rings. The van der Waals surface area contributed by atoms with Gasteiger partial charge in [-0.3, -0.25) is 9.59 Å². The Morgan fingerprint density at radius 3 is 2.65 bits per heavy atom. The molecule has 4 heterocycles. The number of carbonyl (C=O) groups is 2. The lowest BCUT2D eigenvalue weighted by Gasteiger charge is -2.38. The van der Waals surface area contributed by atoms with E-state index in [1.54, 1.807) is 23.5 Å². The molecule has 1 saturated heterocycles. The van der Waals surface area contributed by atoms with Gasteiger partial charge in [-0.05, 0) is 55.3 Å². The summed E-state index contributed by atoms with van der Waals surface area (Å²) in [7, 11) is -3.86. The monoisotopic (exact) mass is 562 g/mol. The van der Waals surface area contributed by atoms with E-state index in [0.717, 1.165) is 28.7 Å². The Morgan fingerprint density at radius 2 is 1.92 bits per heavy atom. The standard InChI is InChI=1S/C25H30N4O5S3/c30-18-16-29(37(33,34)22-8-2-5-12-26-22)13-6-7-17(18)27-24(32)25(10-3-1-4-11-25)28-23(31)21-15-20-19(36-21)9-14-35-20/h2,5,8-9,12,14-15,17-18,30H,1,3-4,6-7,10-11,13,16H2,(H,27,32)(H,28,31). The maximum absolute atomic E-state index is 13.7. The minimum atomic E-state index is -3.86. The van der Waals surface area contributed by atoms with Crippen LogP contribution in [0.15, 0.2) is 46.9 Å². The number of nitrogens with zero attached hydrogens (tertiary/aromatic N) is 2. The highest BCUT2D eigenvalue weighted by Crippen LogP contribution is 2.33. The molecule has 1 saturated carbocycles. The number of carbonyl (C=O) groups excluding carboxylic acids is 2. The minimum absolute atomic E-state index is 0.0676. The van der Waals surface area contributed by atoms with E-state index >= 15 is 0 Å². The van der Waals surface area contributed by atoms with Gasteiger partial charge >= 0.3 is 0 Å². The number of fused-ring (bicyclic) bond motifs is 1. The molecular weight excluding hydrogens is 532 g/mol. The molecule has 37 heavy (non-hydrogen) atoms. The first-order chi connectivity index (χ1) is 17.8. The van der Waals surface area contributed by atoms with E-state index in [2.05, 4.69) is 15.6 Å². The second kappa shape index (κ2) is 10.8. The van der Waals surface area contributed by atoms with Gasteiger partial charge in [-0.1, -0.05) is 25.3 Å². The lowest BCUT2D eigenvalue weighted by molar-refractivity contribution is -0.130. The number of sulfonamides is 1. The molecule has 3 aromatic heterocycles. The van der Waals surface area contributed by atoms with Crippen molar-refractivity contribution in [3.63, 3.8) is 0 Å². The summed E-state index contributed by atoms with van der Waals surface area (Å²) in [6.45, 7) is 0.0782. The first kappa shape index (κ1) is 26.2. The molecular formula is C25H30N4O5S3. The second-order valence-electron chi connectivity index (χ2n) is 9.68. The highest BCUT2D eigenvalue weighted by Gasteiger charge is 2.43. The molecule has 0 bridgehead atoms. The first-order valence-corrected chi connectivity index (χ1v) is 15.6. The van der Waals surface area contributed by atoms with Crippen LogP contribution in [0.3, 0.4) is 0 Å². The Labute approximate surface area is 224 Å². The van der Waals surface area contributed by atoms with Gasteiger partial charge in [0.15, 0.2) is 5.03 Å². The highest BCUT2D eigenvalue weighted by molar-refractivity contribution is 7.89. The van der Waals surface area contributed by atoms with Crippen LogP contribution in [0.1, 0.15) is 54.6 Å². The van der Waals surface area contributed by atoms with Crippen LogP contribution in [-0.2, 0) is 14.8 Å². The van der Waals surface area contributed by atoms with Crippen molar-refractivity contribution in [3.8, 4) is 0 Å². The third kappa shape index (κ3) is 5.44. The van der Waals surface area contributed by atoms with Crippen molar-refractivity contribution in [1.29, 1.82) is 0 Å². The smallest absolute Gasteiger partial charge is 0.262 e. The minimum Gasteiger partial charge on any atom is -0.390 e. The summed E-state index contributed by atoms with van der Waals surface area (Å²) < 4.78 is 29.4. The lowest BCUT2D eigenvalue weighted by Crippen LogP contribution is -2.62. The summed E-state index contributed by atoms with van der Waals surface area (Å²) in [5.41, 5.74) is -1.06. The van der Waals surface area contributed by atoms with Crippen LogP contribution in [0, 0.1) is 0 Å². The fraction of sp³-hybridized carbons (Fsp3) is 0.480. The molecule has 1 aliphatic heterocycles. The number of aliphatic hydroxyl groups excluding tert-OH is 1. The quantitative estimate of drug-likeness (QED) is 0.424. The summed E-state index contributed by atoms with van der Waals surface area (Å²) in [6, 6.07) is 7.89. The number of thiophene rings is 2. The number of nitrogens with one attached hydrogen (secondary N) is 2. The number of aromatic nitrogens is 1. The number of hydrogen-bond acceptors (Lipinski definition) is 8. The Balaban J connectivity index is 1.29. The van der Waals surface area contributed by atoms with Crippen LogP contribution < -0.4 is 10.6 Å². The van der Waals surface area contributed by atoms with Crippen molar-refractivity contribution in [2.75, 3.05) is 13.1 Å². The summed E-state index contributed by atoms with van der Waals surface area (Å²) in [6.07, 6.45) is 4.89. The number of rotatable bonds is 6. The van der Waals surface area contributed by atoms with Crippen molar-refractivity contribution < 1.29 is 23.1 Å². The van der Waals surface area contributed by atoms with Gasteiger partial charge < -0.3 is 15.7 Å². The van der Waals surface area contributed by atoms with Crippen LogP contribution in [0.4, 0.5) is 0 Å². The van der Waals surface area contributed by atoms with Crippen LogP contribution in [0.25, 0.3) is 9.40 Å². The largest absolute Gasteiger partial charge is 0.390 e. The molecule has 0 spiro atoms. The normalized spacial score (nSPS) is 22.8. The fourth-order valence-electron chi connectivity index (χ4n) is 5.15. The summed E-state index contributed by atoms with van der Waals surface area (Å²) >= 11 is 2.99. The molecule has 0 radical (unpaired) electrons. The first-order valence-electron chi connectivity index (χ1n) is 12.5. The van der Waals surface area contributed by atoms with E-state index in [1.165, 1.54) is 27.9 Å². The number of hydrogen-bond donors (Lipinski definition) is 3. The van der Waals surface area contributed by atoms with Crippen LogP contribution in [0.5, 0.6) is 0 Å². The van der Waals surface area contributed by atoms with E-state index in [9.17, 15) is 23.1 Å².